The van der Waals surface area contributed by atoms with Gasteiger partial charge in [-0.05, 0) is 55.5 Å². The molecule has 29 heavy (non-hydrogen) atoms. The van der Waals surface area contributed by atoms with Gasteiger partial charge in [-0.15, -0.1) is 0 Å². The first-order valence-electron chi connectivity index (χ1n) is 9.66. The fourth-order valence-electron chi connectivity index (χ4n) is 3.00. The van der Waals surface area contributed by atoms with Gasteiger partial charge in [-0.2, -0.15) is 0 Å². The number of carbonyl (C=O) groups excluding carboxylic acids is 2. The van der Waals surface area contributed by atoms with Crippen LogP contribution in [-0.4, -0.2) is 58.4 Å². The molecule has 2 aromatic rings. The number of esters is 1. The number of nitrogens with zero attached hydrogens (tertiary/aromatic N) is 2. The number of rotatable bonds is 6. The zero-order valence-corrected chi connectivity index (χ0v) is 17.1. The van der Waals surface area contributed by atoms with Crippen molar-refractivity contribution in [2.45, 2.75) is 13.0 Å². The Labute approximate surface area is 171 Å². The molecule has 0 spiro atoms. The molecule has 154 valence electrons. The number of nitrogens with one attached hydrogen (secondary N) is 1. The van der Waals surface area contributed by atoms with Gasteiger partial charge in [0.05, 0.1) is 18.8 Å². The number of benzene rings is 2. The highest BCUT2D eigenvalue weighted by Gasteiger charge is 2.19. The van der Waals surface area contributed by atoms with Crippen molar-refractivity contribution in [2.75, 3.05) is 55.5 Å². The smallest absolute Gasteiger partial charge is 0.338 e. The van der Waals surface area contributed by atoms with Gasteiger partial charge in [0.2, 0.25) is 0 Å². The number of anilines is 3. The average Bonchev–Trinajstić information content (AvgIpc) is 2.74. The largest absolute Gasteiger partial charge is 0.449 e. The normalized spacial score (nSPS) is 14.8. The molecule has 0 aromatic heterocycles. The highest BCUT2D eigenvalue weighted by Crippen LogP contribution is 2.19. The molecule has 3 rings (SSSR count). The predicted molar refractivity (Wildman–Crippen MR) is 114 cm³/mol. The summed E-state index contributed by atoms with van der Waals surface area (Å²) in [7, 11) is 3.85. The van der Waals surface area contributed by atoms with E-state index in [1.807, 2.05) is 55.4 Å². The first-order valence-corrected chi connectivity index (χ1v) is 9.66. The minimum Gasteiger partial charge on any atom is -0.449 e. The highest BCUT2D eigenvalue weighted by atomic mass is 16.5. The quantitative estimate of drug-likeness (QED) is 0.756. The van der Waals surface area contributed by atoms with Crippen molar-refractivity contribution < 1.29 is 19.1 Å². The fourth-order valence-corrected chi connectivity index (χ4v) is 3.00. The molecule has 0 saturated carbocycles. The van der Waals surface area contributed by atoms with E-state index in [0.717, 1.165) is 37.7 Å². The molecule has 0 radical (unpaired) electrons. The lowest BCUT2D eigenvalue weighted by molar-refractivity contribution is -0.123. The van der Waals surface area contributed by atoms with E-state index in [4.69, 9.17) is 9.47 Å². The van der Waals surface area contributed by atoms with E-state index < -0.39 is 12.1 Å². The van der Waals surface area contributed by atoms with Crippen LogP contribution in [0.3, 0.4) is 0 Å². The monoisotopic (exact) mass is 397 g/mol. The summed E-state index contributed by atoms with van der Waals surface area (Å²) in [5.41, 5.74) is 3.13. The van der Waals surface area contributed by atoms with Crippen LogP contribution in [0.25, 0.3) is 0 Å². The molecular formula is C22H27N3O4. The van der Waals surface area contributed by atoms with Crippen LogP contribution in [0.4, 0.5) is 17.1 Å². The third-order valence-corrected chi connectivity index (χ3v) is 4.78. The molecule has 1 aliphatic rings. The maximum absolute atomic E-state index is 12.4. The first kappa shape index (κ1) is 20.7. The van der Waals surface area contributed by atoms with E-state index in [1.54, 1.807) is 19.1 Å². The molecule has 0 bridgehead atoms. The van der Waals surface area contributed by atoms with Crippen LogP contribution in [0.2, 0.25) is 0 Å². The maximum atomic E-state index is 12.4. The van der Waals surface area contributed by atoms with Crippen molar-refractivity contribution in [3.05, 3.63) is 54.1 Å². The summed E-state index contributed by atoms with van der Waals surface area (Å²) < 4.78 is 10.7. The van der Waals surface area contributed by atoms with Crippen LogP contribution >= 0.6 is 0 Å². The molecule has 7 heteroatoms. The molecule has 1 saturated heterocycles. The molecule has 1 aliphatic heterocycles. The van der Waals surface area contributed by atoms with Crippen LogP contribution in [0.1, 0.15) is 17.3 Å². The summed E-state index contributed by atoms with van der Waals surface area (Å²) in [4.78, 5) is 28.8. The Balaban J connectivity index is 1.53. The Hall–Kier alpha value is -3.06. The molecule has 1 N–H and O–H groups in total. The van der Waals surface area contributed by atoms with Crippen LogP contribution in [0.15, 0.2) is 48.5 Å². The molecule has 2 aromatic carbocycles. The van der Waals surface area contributed by atoms with Gasteiger partial charge in [-0.25, -0.2) is 4.79 Å². The standard InChI is InChI=1S/C22H27N3O4/c1-16(29-22(27)17-4-8-19(9-5-17)24(2)3)21(26)23-18-6-10-20(11-7-18)25-12-14-28-15-13-25/h4-11,16H,12-15H2,1-3H3,(H,23,26)/t16-/m0/s1. The summed E-state index contributed by atoms with van der Waals surface area (Å²) in [5.74, 6) is -0.900. The zero-order valence-electron chi connectivity index (χ0n) is 17.1. The van der Waals surface area contributed by atoms with Crippen molar-refractivity contribution in [3.8, 4) is 0 Å². The lowest BCUT2D eigenvalue weighted by Gasteiger charge is -2.28. The number of morpholine rings is 1. The lowest BCUT2D eigenvalue weighted by Crippen LogP contribution is -2.36. The third-order valence-electron chi connectivity index (χ3n) is 4.78. The third kappa shape index (κ3) is 5.48. The van der Waals surface area contributed by atoms with E-state index in [1.165, 1.54) is 0 Å². The van der Waals surface area contributed by atoms with Gasteiger partial charge in [0.1, 0.15) is 0 Å². The molecular weight excluding hydrogens is 370 g/mol. The minimum absolute atomic E-state index is 0.373. The first-order chi connectivity index (χ1) is 13.9. The molecule has 1 fully saturated rings. The number of ether oxygens (including phenoxy) is 2. The van der Waals surface area contributed by atoms with Crippen molar-refractivity contribution in [1.29, 1.82) is 0 Å². The van der Waals surface area contributed by atoms with Crippen molar-refractivity contribution in [1.82, 2.24) is 0 Å². The second kappa shape index (κ2) is 9.43. The van der Waals surface area contributed by atoms with Crippen molar-refractivity contribution in [3.63, 3.8) is 0 Å². The molecule has 7 nitrogen and oxygen atoms in total. The Bertz CT molecular complexity index is 828. The highest BCUT2D eigenvalue weighted by molar-refractivity contribution is 5.97. The SMILES string of the molecule is C[C@H](OC(=O)c1ccc(N(C)C)cc1)C(=O)Nc1ccc(N2CCOCC2)cc1. The van der Waals surface area contributed by atoms with E-state index in [0.29, 0.717) is 11.3 Å². The number of hydrogen-bond acceptors (Lipinski definition) is 6. The minimum atomic E-state index is -0.907. The topological polar surface area (TPSA) is 71.1 Å². The summed E-state index contributed by atoms with van der Waals surface area (Å²) in [6, 6.07) is 14.6. The van der Waals surface area contributed by atoms with E-state index in [-0.39, 0.29) is 5.91 Å². The molecule has 1 heterocycles. The summed E-state index contributed by atoms with van der Waals surface area (Å²) in [5, 5.41) is 2.79. The number of amides is 1. The summed E-state index contributed by atoms with van der Waals surface area (Å²) >= 11 is 0. The van der Waals surface area contributed by atoms with Crippen LogP contribution in [-0.2, 0) is 14.3 Å². The maximum Gasteiger partial charge on any atom is 0.338 e. The zero-order chi connectivity index (χ0) is 20.8. The Morgan fingerprint density at radius 3 is 2.24 bits per heavy atom. The van der Waals surface area contributed by atoms with Crippen LogP contribution in [0.5, 0.6) is 0 Å². The van der Waals surface area contributed by atoms with E-state index in [2.05, 4.69) is 10.2 Å². The van der Waals surface area contributed by atoms with E-state index >= 15 is 0 Å². The molecule has 1 amide bonds. The average molecular weight is 397 g/mol. The molecule has 1 atom stereocenters. The van der Waals surface area contributed by atoms with Crippen molar-refractivity contribution in [2.24, 2.45) is 0 Å². The Morgan fingerprint density at radius 1 is 1.03 bits per heavy atom. The van der Waals surface area contributed by atoms with E-state index in [9.17, 15) is 9.59 Å². The Kier molecular flexibility index (Phi) is 6.72. The van der Waals surface area contributed by atoms with Crippen LogP contribution < -0.4 is 15.1 Å². The van der Waals surface area contributed by atoms with Gasteiger partial charge in [0, 0.05) is 44.2 Å². The molecule has 0 unspecified atom stereocenters. The summed E-state index contributed by atoms with van der Waals surface area (Å²) in [6.45, 7) is 4.71. The second-order valence-electron chi connectivity index (χ2n) is 7.12. The summed E-state index contributed by atoms with van der Waals surface area (Å²) in [6.07, 6.45) is -0.907. The van der Waals surface area contributed by atoms with Gasteiger partial charge in [-0.1, -0.05) is 0 Å². The van der Waals surface area contributed by atoms with Gasteiger partial charge in [0.15, 0.2) is 6.10 Å². The second-order valence-corrected chi connectivity index (χ2v) is 7.12. The van der Waals surface area contributed by atoms with Gasteiger partial charge in [-0.3, -0.25) is 4.79 Å². The molecule has 0 aliphatic carbocycles. The Morgan fingerprint density at radius 2 is 1.66 bits per heavy atom. The number of carbonyl (C=O) groups is 2. The van der Waals surface area contributed by atoms with Crippen LogP contribution in [0, 0.1) is 0 Å². The van der Waals surface area contributed by atoms with Crippen molar-refractivity contribution >= 4 is 28.9 Å². The van der Waals surface area contributed by atoms with Gasteiger partial charge in [0.25, 0.3) is 5.91 Å². The van der Waals surface area contributed by atoms with Gasteiger partial charge < -0.3 is 24.6 Å². The predicted octanol–water partition coefficient (Wildman–Crippen LogP) is 2.77. The lowest BCUT2D eigenvalue weighted by atomic mass is 10.2. The van der Waals surface area contributed by atoms with Gasteiger partial charge >= 0.3 is 5.97 Å². The number of hydrogen-bond donors (Lipinski definition) is 1. The fraction of sp³-hybridized carbons (Fsp3) is 0.364.